The summed E-state index contributed by atoms with van der Waals surface area (Å²) >= 11 is 0. The minimum Gasteiger partial charge on any atom is -0.340 e. The number of rotatable bonds is 3. The molecule has 0 unspecified atom stereocenters. The lowest BCUT2D eigenvalue weighted by atomic mass is 9.49. The molecule has 22 heavy (non-hydrogen) atoms. The smallest absolute Gasteiger partial charge is 0.228 e. The predicted octanol–water partition coefficient (Wildman–Crippen LogP) is 2.76. The molecule has 6 aliphatic rings. The van der Waals surface area contributed by atoms with Crippen molar-refractivity contribution < 1.29 is 4.79 Å². The SMILES string of the molecule is O=C(N1CCN(CC2CC2)CC1)C12CC3CC(CC(C3)C1)C2. The van der Waals surface area contributed by atoms with Crippen LogP contribution in [0.1, 0.15) is 51.4 Å². The zero-order valence-corrected chi connectivity index (χ0v) is 13.8. The van der Waals surface area contributed by atoms with Gasteiger partial charge >= 0.3 is 0 Å². The molecular weight excluding hydrogens is 272 g/mol. The van der Waals surface area contributed by atoms with Gasteiger partial charge in [-0.2, -0.15) is 0 Å². The van der Waals surface area contributed by atoms with Gasteiger partial charge in [0.15, 0.2) is 0 Å². The second-order valence-electron chi connectivity index (χ2n) is 9.23. The molecule has 1 saturated heterocycles. The summed E-state index contributed by atoms with van der Waals surface area (Å²) < 4.78 is 0. The maximum atomic E-state index is 13.3. The van der Waals surface area contributed by atoms with E-state index < -0.39 is 0 Å². The van der Waals surface area contributed by atoms with Gasteiger partial charge in [0.05, 0.1) is 5.41 Å². The first kappa shape index (κ1) is 13.8. The molecule has 6 fully saturated rings. The highest BCUT2D eigenvalue weighted by Crippen LogP contribution is 2.60. The Bertz CT molecular complexity index is 427. The Morgan fingerprint density at radius 3 is 1.91 bits per heavy atom. The van der Waals surface area contributed by atoms with Gasteiger partial charge in [-0.15, -0.1) is 0 Å². The van der Waals surface area contributed by atoms with E-state index in [0.29, 0.717) is 5.91 Å². The summed E-state index contributed by atoms with van der Waals surface area (Å²) in [6.45, 7) is 5.52. The van der Waals surface area contributed by atoms with Crippen molar-refractivity contribution in [2.24, 2.45) is 29.1 Å². The Labute approximate surface area is 134 Å². The fraction of sp³-hybridized carbons (Fsp3) is 0.947. The van der Waals surface area contributed by atoms with Crippen molar-refractivity contribution in [3.63, 3.8) is 0 Å². The van der Waals surface area contributed by atoms with Crippen LogP contribution >= 0.6 is 0 Å². The zero-order chi connectivity index (χ0) is 14.7. The van der Waals surface area contributed by atoms with Crippen LogP contribution in [0, 0.1) is 29.1 Å². The van der Waals surface area contributed by atoms with Gasteiger partial charge in [0, 0.05) is 32.7 Å². The first-order valence-corrected chi connectivity index (χ1v) is 9.72. The molecule has 0 aromatic carbocycles. The van der Waals surface area contributed by atoms with E-state index in [-0.39, 0.29) is 5.41 Å². The lowest BCUT2D eigenvalue weighted by Gasteiger charge is -2.57. The van der Waals surface area contributed by atoms with Crippen LogP contribution in [0.3, 0.4) is 0 Å². The fourth-order valence-electron chi connectivity index (χ4n) is 6.51. The second-order valence-corrected chi connectivity index (χ2v) is 9.23. The number of carbonyl (C=O) groups excluding carboxylic acids is 1. The molecule has 0 N–H and O–H groups in total. The van der Waals surface area contributed by atoms with E-state index in [1.165, 1.54) is 57.9 Å². The van der Waals surface area contributed by atoms with E-state index in [0.717, 1.165) is 49.9 Å². The van der Waals surface area contributed by atoms with Crippen LogP contribution in [0.4, 0.5) is 0 Å². The summed E-state index contributed by atoms with van der Waals surface area (Å²) in [4.78, 5) is 18.1. The molecule has 4 bridgehead atoms. The van der Waals surface area contributed by atoms with E-state index in [1.54, 1.807) is 0 Å². The van der Waals surface area contributed by atoms with E-state index in [9.17, 15) is 4.79 Å². The Hall–Kier alpha value is -0.570. The Morgan fingerprint density at radius 1 is 0.864 bits per heavy atom. The summed E-state index contributed by atoms with van der Waals surface area (Å²) in [5, 5.41) is 0. The molecule has 0 aromatic rings. The van der Waals surface area contributed by atoms with Gasteiger partial charge in [0.2, 0.25) is 5.91 Å². The van der Waals surface area contributed by atoms with Gasteiger partial charge in [0.25, 0.3) is 0 Å². The van der Waals surface area contributed by atoms with E-state index in [2.05, 4.69) is 9.80 Å². The average molecular weight is 302 g/mol. The van der Waals surface area contributed by atoms with Crippen molar-refractivity contribution in [1.29, 1.82) is 0 Å². The Kier molecular flexibility index (Phi) is 3.12. The first-order valence-electron chi connectivity index (χ1n) is 9.72. The van der Waals surface area contributed by atoms with Crippen LogP contribution in [-0.4, -0.2) is 48.4 Å². The normalized spacial score (nSPS) is 44.5. The van der Waals surface area contributed by atoms with Crippen LogP contribution in [0.25, 0.3) is 0 Å². The molecule has 3 heteroatoms. The standard InChI is InChI=1S/C19H30N2O/c22-18(21-5-3-20(4-6-21)13-14-1-2-14)19-10-15-7-16(11-19)9-17(8-15)12-19/h14-17H,1-13H2. The summed E-state index contributed by atoms with van der Waals surface area (Å²) in [7, 11) is 0. The minimum atomic E-state index is 0.0768. The molecule has 1 amide bonds. The highest BCUT2D eigenvalue weighted by Gasteiger charge is 2.55. The highest BCUT2D eigenvalue weighted by atomic mass is 16.2. The van der Waals surface area contributed by atoms with Crippen molar-refractivity contribution in [3.05, 3.63) is 0 Å². The van der Waals surface area contributed by atoms with Crippen molar-refractivity contribution in [1.82, 2.24) is 9.80 Å². The molecular formula is C19H30N2O. The van der Waals surface area contributed by atoms with E-state index in [4.69, 9.17) is 0 Å². The Balaban J connectivity index is 1.25. The van der Waals surface area contributed by atoms with Crippen LogP contribution < -0.4 is 0 Å². The van der Waals surface area contributed by atoms with Gasteiger partial charge in [-0.05, 0) is 75.0 Å². The maximum absolute atomic E-state index is 13.3. The number of hydrogen-bond acceptors (Lipinski definition) is 2. The number of carbonyl (C=O) groups is 1. The molecule has 1 heterocycles. The third-order valence-corrected chi connectivity index (χ3v) is 7.36. The topological polar surface area (TPSA) is 23.6 Å². The molecule has 6 rings (SSSR count). The van der Waals surface area contributed by atoms with Gasteiger partial charge in [0.1, 0.15) is 0 Å². The highest BCUT2D eigenvalue weighted by molar-refractivity contribution is 5.83. The molecule has 0 atom stereocenters. The maximum Gasteiger partial charge on any atom is 0.228 e. The summed E-state index contributed by atoms with van der Waals surface area (Å²) in [5.41, 5.74) is 0.0768. The molecule has 5 saturated carbocycles. The molecule has 122 valence electrons. The molecule has 0 spiro atoms. The monoisotopic (exact) mass is 302 g/mol. The fourth-order valence-corrected chi connectivity index (χ4v) is 6.51. The van der Waals surface area contributed by atoms with Gasteiger partial charge < -0.3 is 4.90 Å². The molecule has 5 aliphatic carbocycles. The third kappa shape index (κ3) is 2.31. The quantitative estimate of drug-likeness (QED) is 0.800. The number of hydrogen-bond donors (Lipinski definition) is 0. The number of nitrogens with zero attached hydrogens (tertiary/aromatic N) is 2. The zero-order valence-electron chi connectivity index (χ0n) is 13.8. The van der Waals surface area contributed by atoms with Gasteiger partial charge in [-0.25, -0.2) is 0 Å². The summed E-state index contributed by atoms with van der Waals surface area (Å²) in [6, 6.07) is 0. The van der Waals surface area contributed by atoms with E-state index >= 15 is 0 Å². The minimum absolute atomic E-state index is 0.0768. The van der Waals surface area contributed by atoms with Gasteiger partial charge in [-0.3, -0.25) is 9.69 Å². The Morgan fingerprint density at radius 2 is 1.41 bits per heavy atom. The van der Waals surface area contributed by atoms with Crippen molar-refractivity contribution >= 4 is 5.91 Å². The van der Waals surface area contributed by atoms with Crippen molar-refractivity contribution in [2.75, 3.05) is 32.7 Å². The number of piperazine rings is 1. The second kappa shape index (κ2) is 4.96. The number of amides is 1. The summed E-state index contributed by atoms with van der Waals surface area (Å²) in [5.74, 6) is 4.17. The van der Waals surface area contributed by atoms with Gasteiger partial charge in [-0.1, -0.05) is 0 Å². The molecule has 3 nitrogen and oxygen atoms in total. The first-order chi connectivity index (χ1) is 10.7. The predicted molar refractivity (Wildman–Crippen MR) is 86.3 cm³/mol. The van der Waals surface area contributed by atoms with Crippen molar-refractivity contribution in [3.8, 4) is 0 Å². The average Bonchev–Trinajstić information content (AvgIpc) is 3.30. The van der Waals surface area contributed by atoms with Crippen LogP contribution in [0.2, 0.25) is 0 Å². The van der Waals surface area contributed by atoms with E-state index in [1.807, 2.05) is 0 Å². The summed E-state index contributed by atoms with van der Waals surface area (Å²) in [6.07, 6.45) is 10.8. The molecule has 0 aromatic heterocycles. The molecule has 1 aliphatic heterocycles. The molecule has 0 radical (unpaired) electrons. The lowest BCUT2D eigenvalue weighted by molar-refractivity contribution is -0.159. The lowest BCUT2D eigenvalue weighted by Crippen LogP contribution is -2.58. The van der Waals surface area contributed by atoms with Crippen LogP contribution in [0.15, 0.2) is 0 Å². The third-order valence-electron chi connectivity index (χ3n) is 7.36. The van der Waals surface area contributed by atoms with Crippen molar-refractivity contribution in [2.45, 2.75) is 51.4 Å². The largest absolute Gasteiger partial charge is 0.340 e. The van der Waals surface area contributed by atoms with Crippen LogP contribution in [-0.2, 0) is 4.79 Å². The van der Waals surface area contributed by atoms with Crippen LogP contribution in [0.5, 0.6) is 0 Å².